The lowest BCUT2D eigenvalue weighted by molar-refractivity contribution is 0.187. The molecule has 0 aliphatic carbocycles. The van der Waals surface area contributed by atoms with E-state index < -0.39 is 0 Å². The van der Waals surface area contributed by atoms with Crippen molar-refractivity contribution in [2.45, 2.75) is 43.5 Å². The summed E-state index contributed by atoms with van der Waals surface area (Å²) in [5, 5.41) is 9.04. The summed E-state index contributed by atoms with van der Waals surface area (Å²) in [6.45, 7) is 9.14. The molecule has 2 heterocycles. The molecule has 0 amide bonds. The van der Waals surface area contributed by atoms with Crippen LogP contribution in [0.2, 0.25) is 0 Å². The van der Waals surface area contributed by atoms with Crippen molar-refractivity contribution >= 4 is 53.0 Å². The van der Waals surface area contributed by atoms with Crippen LogP contribution in [0.25, 0.3) is 0 Å². The van der Waals surface area contributed by atoms with Crippen LogP contribution in [0, 0.1) is 5.92 Å². The average molecular weight is 498 g/mol. The first-order valence-corrected chi connectivity index (χ1v) is 10.8. The SMILES string of the molecule is CN=C(NCCCSc1nccs1)NC1CCN(CC(C)C)CC1.I. The maximum Gasteiger partial charge on any atom is 0.191 e. The predicted octanol–water partition coefficient (Wildman–Crippen LogP) is 3.53. The van der Waals surface area contributed by atoms with E-state index in [0.29, 0.717) is 6.04 Å². The van der Waals surface area contributed by atoms with Gasteiger partial charge in [-0.25, -0.2) is 4.98 Å². The Kier molecular flexibility index (Phi) is 12.1. The summed E-state index contributed by atoms with van der Waals surface area (Å²) in [6, 6.07) is 0.546. The highest BCUT2D eigenvalue weighted by Gasteiger charge is 2.20. The highest BCUT2D eigenvalue weighted by Crippen LogP contribution is 2.20. The zero-order chi connectivity index (χ0) is 17.2. The van der Waals surface area contributed by atoms with Crippen molar-refractivity contribution in [1.29, 1.82) is 0 Å². The highest BCUT2D eigenvalue weighted by molar-refractivity contribution is 14.0. The van der Waals surface area contributed by atoms with Gasteiger partial charge in [0.25, 0.3) is 0 Å². The molecule has 0 aromatic carbocycles. The minimum absolute atomic E-state index is 0. The fourth-order valence-corrected chi connectivity index (χ4v) is 4.53. The van der Waals surface area contributed by atoms with Crippen LogP contribution in [0.4, 0.5) is 0 Å². The number of aromatic nitrogens is 1. The Hall–Kier alpha value is -0.0600. The quantitative estimate of drug-likeness (QED) is 0.189. The fraction of sp³-hybridized carbons (Fsp3) is 0.765. The third kappa shape index (κ3) is 9.44. The highest BCUT2D eigenvalue weighted by atomic mass is 127. The lowest BCUT2D eigenvalue weighted by atomic mass is 10.0. The van der Waals surface area contributed by atoms with E-state index in [1.165, 1.54) is 32.5 Å². The molecule has 0 atom stereocenters. The number of hydrogen-bond acceptors (Lipinski definition) is 5. The van der Waals surface area contributed by atoms with E-state index in [9.17, 15) is 0 Å². The van der Waals surface area contributed by atoms with Gasteiger partial charge in [0.15, 0.2) is 5.96 Å². The molecule has 25 heavy (non-hydrogen) atoms. The van der Waals surface area contributed by atoms with Crippen molar-refractivity contribution in [2.75, 3.05) is 39.0 Å². The lowest BCUT2D eigenvalue weighted by Gasteiger charge is -2.34. The molecule has 8 heteroatoms. The molecule has 0 unspecified atom stereocenters. The molecule has 0 saturated carbocycles. The second-order valence-electron chi connectivity index (χ2n) is 6.61. The number of nitrogens with one attached hydrogen (secondary N) is 2. The lowest BCUT2D eigenvalue weighted by Crippen LogP contribution is -2.49. The molecule has 0 radical (unpaired) electrons. The van der Waals surface area contributed by atoms with Crippen molar-refractivity contribution in [2.24, 2.45) is 10.9 Å². The topological polar surface area (TPSA) is 52.6 Å². The van der Waals surface area contributed by atoms with Crippen LogP contribution in [0.15, 0.2) is 20.9 Å². The number of thioether (sulfide) groups is 1. The van der Waals surface area contributed by atoms with E-state index in [1.807, 2.05) is 30.4 Å². The molecule has 1 aromatic heterocycles. The Bertz CT molecular complexity index is 473. The van der Waals surface area contributed by atoms with Gasteiger partial charge in [-0.15, -0.1) is 35.3 Å². The summed E-state index contributed by atoms with van der Waals surface area (Å²) in [6.07, 6.45) is 5.38. The number of piperidine rings is 1. The number of thiazole rings is 1. The Morgan fingerprint density at radius 2 is 2.20 bits per heavy atom. The van der Waals surface area contributed by atoms with Gasteiger partial charge in [-0.1, -0.05) is 25.6 Å². The van der Waals surface area contributed by atoms with Gasteiger partial charge in [0.2, 0.25) is 0 Å². The average Bonchev–Trinajstić information content (AvgIpc) is 3.08. The number of hydrogen-bond donors (Lipinski definition) is 2. The molecule has 0 bridgehead atoms. The van der Waals surface area contributed by atoms with Crippen molar-refractivity contribution < 1.29 is 0 Å². The van der Waals surface area contributed by atoms with Gasteiger partial charge in [-0.3, -0.25) is 4.99 Å². The van der Waals surface area contributed by atoms with E-state index in [-0.39, 0.29) is 24.0 Å². The van der Waals surface area contributed by atoms with Crippen LogP contribution < -0.4 is 10.6 Å². The summed E-state index contributed by atoms with van der Waals surface area (Å²) in [7, 11) is 1.85. The van der Waals surface area contributed by atoms with E-state index in [2.05, 4.69) is 39.4 Å². The van der Waals surface area contributed by atoms with Crippen LogP contribution in [-0.4, -0.2) is 60.9 Å². The first-order valence-electron chi connectivity index (χ1n) is 8.89. The van der Waals surface area contributed by atoms with Crippen molar-refractivity contribution in [1.82, 2.24) is 20.5 Å². The summed E-state index contributed by atoms with van der Waals surface area (Å²) in [4.78, 5) is 11.2. The molecular formula is C17H32IN5S2. The second-order valence-corrected chi connectivity index (χ2v) is 8.85. The largest absolute Gasteiger partial charge is 0.356 e. The number of nitrogens with zero attached hydrogens (tertiary/aromatic N) is 3. The van der Waals surface area contributed by atoms with Gasteiger partial charge < -0.3 is 15.5 Å². The van der Waals surface area contributed by atoms with Gasteiger partial charge >= 0.3 is 0 Å². The molecular weight excluding hydrogens is 465 g/mol. The summed E-state index contributed by atoms with van der Waals surface area (Å²) < 4.78 is 1.16. The van der Waals surface area contributed by atoms with Crippen molar-refractivity contribution in [3.05, 3.63) is 11.6 Å². The summed E-state index contributed by atoms with van der Waals surface area (Å²) in [5.41, 5.74) is 0. The first-order chi connectivity index (χ1) is 11.7. The van der Waals surface area contributed by atoms with Gasteiger partial charge in [-0.05, 0) is 25.2 Å². The molecule has 2 rings (SSSR count). The van der Waals surface area contributed by atoms with Gasteiger partial charge in [0.1, 0.15) is 4.34 Å². The molecule has 2 N–H and O–H groups in total. The third-order valence-corrected chi connectivity index (χ3v) is 6.08. The van der Waals surface area contributed by atoms with Gasteiger partial charge in [0.05, 0.1) is 0 Å². The number of guanidine groups is 1. The molecule has 1 aliphatic rings. The van der Waals surface area contributed by atoms with Crippen LogP contribution >= 0.6 is 47.1 Å². The molecule has 5 nitrogen and oxygen atoms in total. The second kappa shape index (κ2) is 13.2. The minimum Gasteiger partial charge on any atom is -0.356 e. The smallest absolute Gasteiger partial charge is 0.191 e. The maximum atomic E-state index is 4.36. The Balaban J connectivity index is 0.00000312. The zero-order valence-corrected chi connectivity index (χ0v) is 19.5. The molecule has 1 fully saturated rings. The number of likely N-dealkylation sites (tertiary alicyclic amines) is 1. The standard InChI is InChI=1S/C17H31N5S2.HI/c1-14(2)13-22-9-5-15(6-10-22)21-16(18-3)19-7-4-11-23-17-20-8-12-24-17;/h8,12,14-15H,4-7,9-11,13H2,1-3H3,(H2,18,19,21);1H. The third-order valence-electron chi connectivity index (χ3n) is 4.02. The number of aliphatic imine (C=N–C) groups is 1. The van der Waals surface area contributed by atoms with Crippen LogP contribution in [0.1, 0.15) is 33.1 Å². The van der Waals surface area contributed by atoms with E-state index in [4.69, 9.17) is 0 Å². The van der Waals surface area contributed by atoms with Crippen molar-refractivity contribution in [3.8, 4) is 0 Å². The summed E-state index contributed by atoms with van der Waals surface area (Å²) >= 11 is 3.54. The monoisotopic (exact) mass is 497 g/mol. The number of rotatable bonds is 8. The van der Waals surface area contributed by atoms with Crippen LogP contribution in [0.5, 0.6) is 0 Å². The predicted molar refractivity (Wildman–Crippen MR) is 122 cm³/mol. The molecule has 1 aromatic rings. The zero-order valence-electron chi connectivity index (χ0n) is 15.5. The van der Waals surface area contributed by atoms with Crippen LogP contribution in [-0.2, 0) is 0 Å². The van der Waals surface area contributed by atoms with E-state index in [1.54, 1.807) is 11.3 Å². The van der Waals surface area contributed by atoms with E-state index >= 15 is 0 Å². The molecule has 144 valence electrons. The Labute approximate surface area is 177 Å². The van der Waals surface area contributed by atoms with Crippen LogP contribution in [0.3, 0.4) is 0 Å². The minimum atomic E-state index is 0. The first kappa shape index (κ1) is 23.0. The summed E-state index contributed by atoms with van der Waals surface area (Å²) in [5.74, 6) is 2.79. The molecule has 0 spiro atoms. The van der Waals surface area contributed by atoms with E-state index in [0.717, 1.165) is 34.9 Å². The van der Waals surface area contributed by atoms with Crippen molar-refractivity contribution in [3.63, 3.8) is 0 Å². The normalized spacial score (nSPS) is 16.7. The molecule has 1 saturated heterocycles. The Morgan fingerprint density at radius 1 is 1.44 bits per heavy atom. The molecule has 1 aliphatic heterocycles. The maximum absolute atomic E-state index is 4.36. The Morgan fingerprint density at radius 3 is 2.80 bits per heavy atom. The number of halogens is 1. The van der Waals surface area contributed by atoms with Gasteiger partial charge in [0, 0.05) is 56.6 Å². The fourth-order valence-electron chi connectivity index (χ4n) is 2.88. The van der Waals surface area contributed by atoms with Gasteiger partial charge in [-0.2, -0.15) is 0 Å².